The summed E-state index contributed by atoms with van der Waals surface area (Å²) in [6.07, 6.45) is -2.63. The van der Waals surface area contributed by atoms with Gasteiger partial charge in [0, 0.05) is 18.8 Å². The molecule has 5 atom stereocenters. The number of alkyl carbamates (subject to hydrolysis) is 5. The fraction of sp³-hybridized carbons (Fsp3) is 0.247. The third kappa shape index (κ3) is 32.9. The van der Waals surface area contributed by atoms with Crippen LogP contribution in [0.15, 0.2) is 291 Å². The van der Waals surface area contributed by atoms with Crippen LogP contribution in [0.3, 0.4) is 0 Å². The lowest BCUT2D eigenvalue weighted by Crippen LogP contribution is -2.45. The van der Waals surface area contributed by atoms with E-state index in [1.165, 1.54) is 46.7 Å². The van der Waals surface area contributed by atoms with E-state index in [1.54, 1.807) is 24.3 Å². The molecule has 5 N–H and O–H groups in total. The zero-order valence-corrected chi connectivity index (χ0v) is 67.2. The molecule has 1 aliphatic carbocycles. The van der Waals surface area contributed by atoms with E-state index in [1.807, 2.05) is 257 Å². The summed E-state index contributed by atoms with van der Waals surface area (Å²) in [5.41, 5.74) is 11.5. The average Bonchev–Trinajstić information content (AvgIpc) is 1.62. The minimum Gasteiger partial charge on any atom is -0.467 e. The van der Waals surface area contributed by atoms with Crippen molar-refractivity contribution < 1.29 is 100 Å². The Morgan fingerprint density at radius 3 is 0.908 bits per heavy atom. The van der Waals surface area contributed by atoms with Gasteiger partial charge in [-0.15, -0.1) is 0 Å². The Morgan fingerprint density at radius 1 is 0.286 bits per heavy atom. The van der Waals surface area contributed by atoms with Crippen LogP contribution >= 0.6 is 0 Å². The molecule has 0 unspecified atom stereocenters. The maximum Gasteiger partial charge on any atom is 0.408 e. The van der Waals surface area contributed by atoms with Crippen LogP contribution in [0.5, 0.6) is 0 Å². The molecule has 10 aromatic carbocycles. The van der Waals surface area contributed by atoms with Gasteiger partial charge in [-0.2, -0.15) is 0 Å². The van der Waals surface area contributed by atoms with Crippen molar-refractivity contribution in [1.29, 1.82) is 0 Å². The van der Waals surface area contributed by atoms with Crippen LogP contribution in [0.25, 0.3) is 11.1 Å². The maximum absolute atomic E-state index is 12.5. The molecule has 0 fully saturated rings. The summed E-state index contributed by atoms with van der Waals surface area (Å²) in [5.74, 6) is -2.75. The highest BCUT2D eigenvalue weighted by molar-refractivity contribution is 5.85. The second kappa shape index (κ2) is 51.6. The van der Waals surface area contributed by atoms with Crippen LogP contribution in [0.1, 0.15) is 81.4 Å². The zero-order chi connectivity index (χ0) is 85.4. The van der Waals surface area contributed by atoms with Crippen molar-refractivity contribution >= 4 is 60.3 Å². The minimum atomic E-state index is -0.933. The van der Waals surface area contributed by atoms with Gasteiger partial charge in [0.15, 0.2) is 12.1 Å². The van der Waals surface area contributed by atoms with Crippen LogP contribution in [-0.4, -0.2) is 133 Å². The van der Waals surface area contributed by atoms with E-state index in [0.29, 0.717) is 25.0 Å². The molecule has 0 saturated heterocycles. The molecule has 622 valence electrons. The molecule has 0 saturated carbocycles. The normalized spacial score (nSPS) is 11.9. The van der Waals surface area contributed by atoms with Crippen molar-refractivity contribution in [2.24, 2.45) is 5.92 Å². The number of hydrogen-bond acceptors (Lipinski definition) is 21. The predicted octanol–water partition coefficient (Wildman–Crippen LogP) is 14.6. The lowest BCUT2D eigenvalue weighted by atomic mass is 9.98. The summed E-state index contributed by atoms with van der Waals surface area (Å²) < 4.78 is 55.1. The molecule has 0 bridgehead atoms. The van der Waals surface area contributed by atoms with Crippen LogP contribution in [-0.2, 0) is 122 Å². The summed E-state index contributed by atoms with van der Waals surface area (Å²) in [6, 6.07) is 86.6. The number of esters is 5. The Bertz CT molecular complexity index is 4690. The highest BCUT2D eigenvalue weighted by Crippen LogP contribution is 2.44. The van der Waals surface area contributed by atoms with Crippen molar-refractivity contribution in [3.8, 4) is 11.1 Å². The van der Waals surface area contributed by atoms with Crippen molar-refractivity contribution in [2.75, 3.05) is 48.8 Å². The van der Waals surface area contributed by atoms with E-state index in [-0.39, 0.29) is 51.5 Å². The van der Waals surface area contributed by atoms with Gasteiger partial charge in [0.1, 0.15) is 51.2 Å². The lowest BCUT2D eigenvalue weighted by Gasteiger charge is -2.19. The quantitative estimate of drug-likeness (QED) is 0.0206. The molecular weight excluding hydrogens is 1520 g/mol. The summed E-state index contributed by atoms with van der Waals surface area (Å²) in [7, 11) is 6.41. The number of ether oxygens (including phenoxy) is 11. The van der Waals surface area contributed by atoms with Gasteiger partial charge in [-0.3, -0.25) is 0 Å². The highest BCUT2D eigenvalue weighted by atomic mass is 16.6. The van der Waals surface area contributed by atoms with E-state index in [2.05, 4.69) is 60.3 Å². The molecule has 0 aromatic heterocycles. The number of carbonyl (C=O) groups is 10. The molecule has 11 rings (SSSR count). The molecule has 1 aliphatic rings. The van der Waals surface area contributed by atoms with E-state index in [9.17, 15) is 47.9 Å². The van der Waals surface area contributed by atoms with Crippen LogP contribution in [0.2, 0.25) is 0 Å². The van der Waals surface area contributed by atoms with Crippen molar-refractivity contribution in [3.05, 3.63) is 347 Å². The first-order valence-corrected chi connectivity index (χ1v) is 37.9. The summed E-state index contributed by atoms with van der Waals surface area (Å²) in [5, 5.41) is 12.7. The third-order valence-corrected chi connectivity index (χ3v) is 17.7. The van der Waals surface area contributed by atoms with Gasteiger partial charge in [0.05, 0.1) is 48.8 Å². The van der Waals surface area contributed by atoms with E-state index in [4.69, 9.17) is 42.6 Å². The van der Waals surface area contributed by atoms with Crippen molar-refractivity contribution in [3.63, 3.8) is 0 Å². The Kier molecular flexibility index (Phi) is 39.9. The summed E-state index contributed by atoms with van der Waals surface area (Å²) in [6.45, 7) is 4.71. The number of rotatable bonds is 30. The molecule has 26 nitrogen and oxygen atoms in total. The van der Waals surface area contributed by atoms with Crippen molar-refractivity contribution in [1.82, 2.24) is 26.6 Å². The monoisotopic (exact) mass is 1620 g/mol. The summed E-state index contributed by atoms with van der Waals surface area (Å²) in [4.78, 5) is 119. The molecule has 119 heavy (non-hydrogen) atoms. The molecule has 5 amide bonds. The maximum atomic E-state index is 12.5. The van der Waals surface area contributed by atoms with Gasteiger partial charge in [-0.1, -0.05) is 305 Å². The Balaban J connectivity index is 0.000000207. The number of benzene rings is 10. The average molecular weight is 1620 g/mol. The Hall–Kier alpha value is -14.1. The van der Waals surface area contributed by atoms with Crippen LogP contribution in [0.4, 0.5) is 24.0 Å². The molecule has 0 spiro atoms. The number of nitrogens with one attached hydrogen (secondary N) is 5. The first-order chi connectivity index (χ1) is 57.8. The Morgan fingerprint density at radius 2 is 0.563 bits per heavy atom. The predicted molar refractivity (Wildman–Crippen MR) is 443 cm³/mol. The number of fused-ring (bicyclic) bond motifs is 3. The number of hydrogen-bond donors (Lipinski definition) is 5. The van der Waals surface area contributed by atoms with Gasteiger partial charge in [0.25, 0.3) is 0 Å². The fourth-order valence-electron chi connectivity index (χ4n) is 11.6. The summed E-state index contributed by atoms with van der Waals surface area (Å²) >= 11 is 0. The molecule has 0 heterocycles. The first-order valence-electron chi connectivity index (χ1n) is 37.9. The van der Waals surface area contributed by atoms with Gasteiger partial charge >= 0.3 is 60.3 Å². The van der Waals surface area contributed by atoms with Crippen LogP contribution < -0.4 is 26.6 Å². The molecule has 0 radical (unpaired) electrons. The second-order valence-electron chi connectivity index (χ2n) is 26.5. The first kappa shape index (κ1) is 92.0. The van der Waals surface area contributed by atoms with E-state index >= 15 is 0 Å². The van der Waals surface area contributed by atoms with Gasteiger partial charge in [0.2, 0.25) is 0 Å². The molecule has 10 aromatic rings. The number of amides is 5. The molecular formula is C93H99N5O21. The minimum absolute atomic E-state index is 0.0119. The zero-order valence-electron chi connectivity index (χ0n) is 67.2. The van der Waals surface area contributed by atoms with Gasteiger partial charge in [-0.25, -0.2) is 47.9 Å². The van der Waals surface area contributed by atoms with E-state index in [0.717, 1.165) is 50.1 Å². The van der Waals surface area contributed by atoms with Crippen molar-refractivity contribution in [2.45, 2.75) is 95.9 Å². The highest BCUT2D eigenvalue weighted by Gasteiger charge is 2.32. The lowest BCUT2D eigenvalue weighted by molar-refractivity contribution is -0.145. The number of carbonyl (C=O) groups excluding carboxylic acids is 10. The Labute approximate surface area is 692 Å². The topological polar surface area (TPSA) is 332 Å². The largest absolute Gasteiger partial charge is 0.467 e. The fourth-order valence-corrected chi connectivity index (χ4v) is 11.6. The van der Waals surface area contributed by atoms with Gasteiger partial charge in [-0.05, 0) is 72.7 Å². The van der Waals surface area contributed by atoms with Gasteiger partial charge < -0.3 is 78.7 Å². The molecule has 26 heteroatoms. The smallest absolute Gasteiger partial charge is 0.408 e. The van der Waals surface area contributed by atoms with E-state index < -0.39 is 90.5 Å². The van der Waals surface area contributed by atoms with Crippen LogP contribution in [0, 0.1) is 5.92 Å². The molecule has 0 aliphatic heterocycles. The second-order valence-corrected chi connectivity index (χ2v) is 26.5. The third-order valence-electron chi connectivity index (χ3n) is 17.7. The SMILES string of the molecule is COC(=O)[C@@H](NC(=O)OCc1ccccc1)C(C)C.COC(=O)[C@@H](NC(=O)OCc1ccccc1)c1ccccc1.COC(=O)[C@H](COCc1ccccc1)NC(=O)OCc1ccccc1.COC(=O)[C@H](Cc1ccccc1)NC(=O)OCC1c2ccccc2-c2ccccc21.COC(=O)[C@H](Cc1ccccc1)NC(=O)OCc1ccccc1. The number of methoxy groups -OCH3 is 5. The standard InChI is InChI=1S/C25H23NO4.C19H21NO5.C18H19NO4.C17H17NO4.C14H19NO4/c1-29-24(27)23(15-17-9-3-2-4-10-17)26-25(28)30-16-22-20-13-7-5-11-18(20)19-12-6-8-14-21(19)22;1-23-18(21)17(14-24-12-15-8-4-2-5-9-15)20-19(22)25-13-16-10-6-3-7-11-16;1-22-17(20)16(12-14-8-4-2-5-9-14)19-18(21)23-13-15-10-6-3-7-11-15;1-21-16(19)15(14-10-6-3-7-11-14)18-17(20)22-12-13-8-4-2-5-9-13;1-10(2)12(13(16)18-3)15-14(17)19-9-11-7-5-4-6-8-11/h2-14,22-23H,15-16H2,1H3,(H,26,28);2-11,17H,12-14H2,1H3,(H,20,22);2-11,16H,12-13H2,1H3,(H,19,21);2-11,15H,12H2,1H3,(H,18,20);4-8,10,12H,9H2,1-3H3,(H,15,17)/t23-;17-;16-;15-;12-/m00000/s1.